The van der Waals surface area contributed by atoms with Crippen LogP contribution in [0.1, 0.15) is 25.8 Å². The number of anilines is 1. The van der Waals surface area contributed by atoms with Gasteiger partial charge in [-0.15, -0.1) is 0 Å². The fourth-order valence-corrected chi connectivity index (χ4v) is 2.52. The largest absolute Gasteiger partial charge is 0.380 e. The normalized spacial score (nSPS) is 21.1. The van der Waals surface area contributed by atoms with Crippen LogP contribution in [0.5, 0.6) is 0 Å². The first-order chi connectivity index (χ1) is 8.06. The molecule has 17 heavy (non-hydrogen) atoms. The molecule has 2 rings (SSSR count). The summed E-state index contributed by atoms with van der Waals surface area (Å²) in [6.45, 7) is 8.89. The molecule has 2 nitrogen and oxygen atoms in total. The lowest BCUT2D eigenvalue weighted by Crippen LogP contribution is -2.31. The Morgan fingerprint density at radius 3 is 2.82 bits per heavy atom. The first-order valence-electron chi connectivity index (χ1n) is 6.33. The van der Waals surface area contributed by atoms with Gasteiger partial charge in [-0.2, -0.15) is 0 Å². The number of aryl methyl sites for hydroxylation is 1. The first kappa shape index (κ1) is 12.7. The zero-order valence-electron chi connectivity index (χ0n) is 10.8. The maximum Gasteiger partial charge on any atom is 0.0637 e. The quantitative estimate of drug-likeness (QED) is 0.885. The number of hydrogen-bond donors (Lipinski definition) is 1. The highest BCUT2D eigenvalue weighted by Gasteiger charge is 2.24. The standard InChI is InChI=1S/C14H21ClN2/c1-10(2)17-7-6-12(9-17)16-14-8-11(3)4-5-13(14)15/h4-5,8,10,12,16H,6-7,9H2,1-3H3. The lowest BCUT2D eigenvalue weighted by atomic mass is 10.2. The Labute approximate surface area is 109 Å². The Hall–Kier alpha value is -0.730. The Balaban J connectivity index is 2.00. The minimum atomic E-state index is 0.525. The van der Waals surface area contributed by atoms with Crippen LogP contribution in [0, 0.1) is 6.92 Å². The van der Waals surface area contributed by atoms with Crippen LogP contribution in [0.25, 0.3) is 0 Å². The maximum absolute atomic E-state index is 6.20. The van der Waals surface area contributed by atoms with E-state index in [1.165, 1.54) is 18.5 Å². The first-order valence-corrected chi connectivity index (χ1v) is 6.71. The van der Waals surface area contributed by atoms with Crippen molar-refractivity contribution in [3.05, 3.63) is 28.8 Å². The van der Waals surface area contributed by atoms with Crippen LogP contribution in [0.4, 0.5) is 5.69 Å². The summed E-state index contributed by atoms with van der Waals surface area (Å²) in [5.41, 5.74) is 2.32. The Bertz CT molecular complexity index is 390. The van der Waals surface area contributed by atoms with Gasteiger partial charge in [0.15, 0.2) is 0 Å². The van der Waals surface area contributed by atoms with E-state index in [9.17, 15) is 0 Å². The van der Waals surface area contributed by atoms with Gasteiger partial charge in [-0.25, -0.2) is 0 Å². The van der Waals surface area contributed by atoms with E-state index in [1.54, 1.807) is 0 Å². The molecule has 0 spiro atoms. The van der Waals surface area contributed by atoms with Crippen molar-refractivity contribution in [2.24, 2.45) is 0 Å². The second-order valence-corrected chi connectivity index (χ2v) is 5.61. The average molecular weight is 253 g/mol. The molecule has 0 radical (unpaired) electrons. The summed E-state index contributed by atoms with van der Waals surface area (Å²) < 4.78 is 0. The van der Waals surface area contributed by atoms with Gasteiger partial charge in [0.1, 0.15) is 0 Å². The van der Waals surface area contributed by atoms with Crippen LogP contribution in [-0.4, -0.2) is 30.1 Å². The second kappa shape index (κ2) is 5.28. The maximum atomic E-state index is 6.20. The lowest BCUT2D eigenvalue weighted by Gasteiger charge is -2.21. The van der Waals surface area contributed by atoms with Crippen molar-refractivity contribution in [3.63, 3.8) is 0 Å². The van der Waals surface area contributed by atoms with Crippen molar-refractivity contribution >= 4 is 17.3 Å². The van der Waals surface area contributed by atoms with E-state index in [2.05, 4.69) is 37.1 Å². The molecule has 1 saturated heterocycles. The van der Waals surface area contributed by atoms with Gasteiger partial charge >= 0.3 is 0 Å². The summed E-state index contributed by atoms with van der Waals surface area (Å²) >= 11 is 6.20. The van der Waals surface area contributed by atoms with E-state index >= 15 is 0 Å². The molecule has 1 N–H and O–H groups in total. The molecule has 0 aromatic heterocycles. The van der Waals surface area contributed by atoms with Gasteiger partial charge in [0, 0.05) is 25.2 Å². The van der Waals surface area contributed by atoms with Gasteiger partial charge < -0.3 is 5.32 Å². The van der Waals surface area contributed by atoms with Gasteiger partial charge in [0.25, 0.3) is 0 Å². The topological polar surface area (TPSA) is 15.3 Å². The molecule has 1 aliphatic rings. The van der Waals surface area contributed by atoms with E-state index in [0.29, 0.717) is 12.1 Å². The van der Waals surface area contributed by atoms with Gasteiger partial charge in [-0.1, -0.05) is 17.7 Å². The summed E-state index contributed by atoms with van der Waals surface area (Å²) in [4.78, 5) is 2.50. The van der Waals surface area contributed by atoms with Crippen molar-refractivity contribution in [1.29, 1.82) is 0 Å². The fourth-order valence-electron chi connectivity index (χ4n) is 2.34. The van der Waals surface area contributed by atoms with E-state index in [4.69, 9.17) is 11.6 Å². The number of likely N-dealkylation sites (tertiary alicyclic amines) is 1. The van der Waals surface area contributed by atoms with Crippen molar-refractivity contribution in [3.8, 4) is 0 Å². The molecule has 0 saturated carbocycles. The molecule has 3 heteroatoms. The predicted octanol–water partition coefficient (Wildman–Crippen LogP) is 3.54. The number of nitrogens with zero attached hydrogens (tertiary/aromatic N) is 1. The van der Waals surface area contributed by atoms with E-state index in [-0.39, 0.29) is 0 Å². The van der Waals surface area contributed by atoms with Crippen molar-refractivity contribution in [2.75, 3.05) is 18.4 Å². The van der Waals surface area contributed by atoms with Gasteiger partial charge in [0.2, 0.25) is 0 Å². The minimum Gasteiger partial charge on any atom is -0.380 e. The predicted molar refractivity (Wildman–Crippen MR) is 74.9 cm³/mol. The van der Waals surface area contributed by atoms with Crippen LogP contribution in [0.2, 0.25) is 5.02 Å². The Morgan fingerprint density at radius 2 is 2.18 bits per heavy atom. The molecule has 0 aliphatic carbocycles. The lowest BCUT2D eigenvalue weighted by molar-refractivity contribution is 0.274. The molecule has 1 heterocycles. The molecule has 94 valence electrons. The third kappa shape index (κ3) is 3.14. The summed E-state index contributed by atoms with van der Waals surface area (Å²) in [5.74, 6) is 0. The molecule has 1 atom stereocenters. The van der Waals surface area contributed by atoms with Gasteiger partial charge in [-0.05, 0) is 44.9 Å². The molecular formula is C14H21ClN2. The van der Waals surface area contributed by atoms with Gasteiger partial charge in [0.05, 0.1) is 10.7 Å². The molecule has 1 fully saturated rings. The second-order valence-electron chi connectivity index (χ2n) is 5.20. The smallest absolute Gasteiger partial charge is 0.0637 e. The van der Waals surface area contributed by atoms with Crippen LogP contribution < -0.4 is 5.32 Å². The zero-order valence-corrected chi connectivity index (χ0v) is 11.6. The molecule has 0 amide bonds. The number of rotatable bonds is 3. The van der Waals surface area contributed by atoms with E-state index < -0.39 is 0 Å². The summed E-state index contributed by atoms with van der Waals surface area (Å²) in [5, 5.41) is 4.38. The number of halogens is 1. The third-order valence-corrected chi connectivity index (χ3v) is 3.76. The van der Waals surface area contributed by atoms with Gasteiger partial charge in [-0.3, -0.25) is 4.90 Å². The highest BCUT2D eigenvalue weighted by atomic mass is 35.5. The van der Waals surface area contributed by atoms with Crippen LogP contribution in [0.3, 0.4) is 0 Å². The third-order valence-electron chi connectivity index (χ3n) is 3.43. The molecule has 1 aromatic carbocycles. The van der Waals surface area contributed by atoms with Crippen LogP contribution >= 0.6 is 11.6 Å². The summed E-state index contributed by atoms with van der Waals surface area (Å²) in [6, 6.07) is 7.30. The molecule has 1 aliphatic heterocycles. The monoisotopic (exact) mass is 252 g/mol. The fraction of sp³-hybridized carbons (Fsp3) is 0.571. The molecule has 0 bridgehead atoms. The summed E-state index contributed by atoms with van der Waals surface area (Å²) in [7, 11) is 0. The Kier molecular flexibility index (Phi) is 3.95. The zero-order chi connectivity index (χ0) is 12.4. The summed E-state index contributed by atoms with van der Waals surface area (Å²) in [6.07, 6.45) is 1.20. The Morgan fingerprint density at radius 1 is 1.41 bits per heavy atom. The average Bonchev–Trinajstić information content (AvgIpc) is 2.72. The highest BCUT2D eigenvalue weighted by molar-refractivity contribution is 6.33. The number of benzene rings is 1. The number of nitrogens with one attached hydrogen (secondary N) is 1. The molecule has 1 aromatic rings. The van der Waals surface area contributed by atoms with Crippen LogP contribution in [0.15, 0.2) is 18.2 Å². The van der Waals surface area contributed by atoms with Crippen molar-refractivity contribution < 1.29 is 0 Å². The number of hydrogen-bond acceptors (Lipinski definition) is 2. The van der Waals surface area contributed by atoms with E-state index in [1.807, 2.05) is 12.1 Å². The van der Waals surface area contributed by atoms with Crippen molar-refractivity contribution in [1.82, 2.24) is 4.90 Å². The highest BCUT2D eigenvalue weighted by Crippen LogP contribution is 2.25. The molecule has 1 unspecified atom stereocenters. The van der Waals surface area contributed by atoms with E-state index in [0.717, 1.165) is 17.3 Å². The minimum absolute atomic E-state index is 0.525. The SMILES string of the molecule is Cc1ccc(Cl)c(NC2CCN(C(C)C)C2)c1. The molecular weight excluding hydrogens is 232 g/mol. The van der Waals surface area contributed by atoms with Crippen molar-refractivity contribution in [2.45, 2.75) is 39.3 Å². The van der Waals surface area contributed by atoms with Crippen LogP contribution in [-0.2, 0) is 0 Å².